The van der Waals surface area contributed by atoms with Gasteiger partial charge in [0.1, 0.15) is 5.54 Å². The molecule has 0 bridgehead atoms. The minimum Gasteiger partial charge on any atom is -0.479 e. The van der Waals surface area contributed by atoms with Crippen LogP contribution in [0.3, 0.4) is 0 Å². The van der Waals surface area contributed by atoms with Crippen molar-refractivity contribution < 1.29 is 19.4 Å². The van der Waals surface area contributed by atoms with Gasteiger partial charge in [0.05, 0.1) is 0 Å². The van der Waals surface area contributed by atoms with Gasteiger partial charge in [-0.3, -0.25) is 4.79 Å². The lowest BCUT2D eigenvalue weighted by Crippen LogP contribution is -2.57. The molecule has 1 fully saturated rings. The fraction of sp³-hybridized carbons (Fsp3) is 0.778. The first-order chi connectivity index (χ1) is 6.50. The Morgan fingerprint density at radius 3 is 2.21 bits per heavy atom. The fourth-order valence-corrected chi connectivity index (χ4v) is 1.70. The van der Waals surface area contributed by atoms with E-state index in [0.717, 1.165) is 0 Å². The highest BCUT2D eigenvalue weighted by atomic mass is 16.5. The first kappa shape index (κ1) is 11.0. The van der Waals surface area contributed by atoms with Crippen molar-refractivity contribution >= 4 is 11.9 Å². The second kappa shape index (κ2) is 3.96. The van der Waals surface area contributed by atoms with Gasteiger partial charge in [0.15, 0.2) is 0 Å². The number of rotatable bonds is 2. The number of hydrogen-bond acceptors (Lipinski definition) is 3. The second-order valence-electron chi connectivity index (χ2n) is 3.53. The van der Waals surface area contributed by atoms with Crippen molar-refractivity contribution in [2.75, 3.05) is 20.3 Å². The molecule has 0 radical (unpaired) electrons. The van der Waals surface area contributed by atoms with E-state index in [0.29, 0.717) is 26.1 Å². The summed E-state index contributed by atoms with van der Waals surface area (Å²) in [4.78, 5) is 23.7. The molecule has 1 heterocycles. The van der Waals surface area contributed by atoms with Gasteiger partial charge in [-0.15, -0.1) is 0 Å². The van der Waals surface area contributed by atoms with Crippen LogP contribution in [0.15, 0.2) is 0 Å². The van der Waals surface area contributed by atoms with Crippen molar-refractivity contribution in [3.8, 4) is 0 Å². The van der Waals surface area contributed by atoms with Crippen LogP contribution in [0.2, 0.25) is 0 Å². The summed E-state index contributed by atoms with van der Waals surface area (Å²) >= 11 is 0. The Labute approximate surface area is 82.6 Å². The van der Waals surface area contributed by atoms with Gasteiger partial charge < -0.3 is 14.7 Å². The van der Waals surface area contributed by atoms with Gasteiger partial charge in [-0.25, -0.2) is 4.79 Å². The number of carboxylic acid groups (broad SMARTS) is 1. The Bertz CT molecular complexity index is 245. The van der Waals surface area contributed by atoms with Crippen LogP contribution in [0.5, 0.6) is 0 Å². The Balaban J connectivity index is 2.90. The Morgan fingerprint density at radius 1 is 1.36 bits per heavy atom. The minimum absolute atomic E-state index is 0.227. The fourth-order valence-electron chi connectivity index (χ4n) is 1.70. The van der Waals surface area contributed by atoms with Gasteiger partial charge in [-0.2, -0.15) is 0 Å². The molecule has 0 aromatic rings. The summed E-state index contributed by atoms with van der Waals surface area (Å²) in [6.45, 7) is 2.16. The number of amides is 1. The highest BCUT2D eigenvalue weighted by molar-refractivity contribution is 5.86. The van der Waals surface area contributed by atoms with Crippen LogP contribution in [0.1, 0.15) is 19.8 Å². The van der Waals surface area contributed by atoms with Crippen molar-refractivity contribution in [3.63, 3.8) is 0 Å². The smallest absolute Gasteiger partial charge is 0.329 e. The molecule has 0 spiro atoms. The van der Waals surface area contributed by atoms with E-state index in [1.165, 1.54) is 18.9 Å². The summed E-state index contributed by atoms with van der Waals surface area (Å²) in [5.74, 6) is -1.17. The van der Waals surface area contributed by atoms with E-state index >= 15 is 0 Å². The molecule has 0 aromatic heterocycles. The topological polar surface area (TPSA) is 66.8 Å². The maximum Gasteiger partial charge on any atom is 0.329 e. The number of likely N-dealkylation sites (N-methyl/N-ethyl adjacent to an activating group) is 1. The Kier molecular flexibility index (Phi) is 3.10. The lowest BCUT2D eigenvalue weighted by Gasteiger charge is -2.40. The summed E-state index contributed by atoms with van der Waals surface area (Å²) in [5.41, 5.74) is -1.07. The normalized spacial score (nSPS) is 20.1. The molecule has 0 saturated carbocycles. The monoisotopic (exact) mass is 201 g/mol. The van der Waals surface area contributed by atoms with Gasteiger partial charge >= 0.3 is 5.97 Å². The maximum atomic E-state index is 11.2. The second-order valence-corrected chi connectivity index (χ2v) is 3.53. The SMILES string of the molecule is CC(=O)N(C)C1(C(=O)O)CCOCC1. The highest BCUT2D eigenvalue weighted by Crippen LogP contribution is 2.27. The number of ether oxygens (including phenoxy) is 1. The third-order valence-corrected chi connectivity index (χ3v) is 2.83. The van der Waals surface area contributed by atoms with Crippen molar-refractivity contribution in [2.45, 2.75) is 25.3 Å². The van der Waals surface area contributed by atoms with Crippen LogP contribution in [-0.2, 0) is 14.3 Å². The molecule has 5 heteroatoms. The van der Waals surface area contributed by atoms with E-state index in [2.05, 4.69) is 0 Å². The van der Waals surface area contributed by atoms with Crippen LogP contribution in [0.25, 0.3) is 0 Å². The predicted octanol–water partition coefficient (Wildman–Crippen LogP) is 0.0985. The summed E-state index contributed by atoms with van der Waals surface area (Å²) in [6.07, 6.45) is 0.719. The zero-order valence-electron chi connectivity index (χ0n) is 8.45. The molecule has 1 saturated heterocycles. The average molecular weight is 201 g/mol. The number of carboxylic acids is 1. The van der Waals surface area contributed by atoms with E-state index in [9.17, 15) is 9.59 Å². The molecule has 1 rings (SSSR count). The van der Waals surface area contributed by atoms with Crippen molar-refractivity contribution in [1.29, 1.82) is 0 Å². The number of hydrogen-bond donors (Lipinski definition) is 1. The molecule has 0 aliphatic carbocycles. The van der Waals surface area contributed by atoms with Crippen molar-refractivity contribution in [1.82, 2.24) is 4.90 Å². The van der Waals surface area contributed by atoms with E-state index < -0.39 is 11.5 Å². The molecule has 0 unspecified atom stereocenters. The molecule has 5 nitrogen and oxygen atoms in total. The number of carbonyl (C=O) groups is 2. The Morgan fingerprint density at radius 2 is 1.86 bits per heavy atom. The maximum absolute atomic E-state index is 11.2. The van der Waals surface area contributed by atoms with E-state index in [1.807, 2.05) is 0 Å². The molecular formula is C9H15NO4. The standard InChI is InChI=1S/C9H15NO4/c1-7(11)10(2)9(8(12)13)3-5-14-6-4-9/h3-6H2,1-2H3,(H,12,13). The first-order valence-electron chi connectivity index (χ1n) is 4.56. The van der Waals surface area contributed by atoms with Crippen molar-refractivity contribution in [2.24, 2.45) is 0 Å². The molecule has 1 aliphatic rings. The van der Waals surface area contributed by atoms with E-state index in [1.54, 1.807) is 0 Å². The zero-order chi connectivity index (χ0) is 10.8. The molecule has 80 valence electrons. The quantitative estimate of drug-likeness (QED) is 0.688. The Hall–Kier alpha value is -1.10. The third kappa shape index (κ3) is 1.72. The zero-order valence-corrected chi connectivity index (χ0v) is 8.45. The molecule has 0 atom stereocenters. The average Bonchev–Trinajstić information content (AvgIpc) is 2.17. The predicted molar refractivity (Wildman–Crippen MR) is 48.9 cm³/mol. The van der Waals surface area contributed by atoms with Crippen LogP contribution in [0, 0.1) is 0 Å². The van der Waals surface area contributed by atoms with Crippen molar-refractivity contribution in [3.05, 3.63) is 0 Å². The summed E-state index contributed by atoms with van der Waals surface area (Å²) in [6, 6.07) is 0. The van der Waals surface area contributed by atoms with E-state index in [4.69, 9.17) is 9.84 Å². The molecule has 14 heavy (non-hydrogen) atoms. The van der Waals surface area contributed by atoms with Gasteiger partial charge in [-0.05, 0) is 0 Å². The number of nitrogens with zero attached hydrogens (tertiary/aromatic N) is 1. The van der Waals surface area contributed by atoms with Crippen LogP contribution < -0.4 is 0 Å². The molecule has 0 aromatic carbocycles. The first-order valence-corrected chi connectivity index (χ1v) is 4.56. The molecule has 1 N–H and O–H groups in total. The lowest BCUT2D eigenvalue weighted by atomic mass is 9.88. The third-order valence-electron chi connectivity index (χ3n) is 2.83. The van der Waals surface area contributed by atoms with Crippen LogP contribution in [-0.4, -0.2) is 47.7 Å². The van der Waals surface area contributed by atoms with Crippen LogP contribution >= 0.6 is 0 Å². The van der Waals surface area contributed by atoms with Gasteiger partial charge in [0.2, 0.25) is 5.91 Å². The van der Waals surface area contributed by atoms with E-state index in [-0.39, 0.29) is 5.91 Å². The highest BCUT2D eigenvalue weighted by Gasteiger charge is 2.45. The molecule has 1 amide bonds. The largest absolute Gasteiger partial charge is 0.479 e. The van der Waals surface area contributed by atoms with Gasteiger partial charge in [0.25, 0.3) is 0 Å². The van der Waals surface area contributed by atoms with Gasteiger partial charge in [-0.1, -0.05) is 0 Å². The summed E-state index contributed by atoms with van der Waals surface area (Å²) in [7, 11) is 1.53. The minimum atomic E-state index is -1.07. The lowest BCUT2D eigenvalue weighted by molar-refractivity contribution is -0.163. The molecule has 1 aliphatic heterocycles. The summed E-state index contributed by atoms with van der Waals surface area (Å²) in [5, 5.41) is 9.16. The number of carbonyl (C=O) groups excluding carboxylic acids is 1. The van der Waals surface area contributed by atoms with Gasteiger partial charge in [0, 0.05) is 40.0 Å². The number of aliphatic carboxylic acids is 1. The van der Waals surface area contributed by atoms with Crippen LogP contribution in [0.4, 0.5) is 0 Å². The summed E-state index contributed by atoms with van der Waals surface area (Å²) < 4.78 is 5.10. The molecular weight excluding hydrogens is 186 g/mol.